The Kier molecular flexibility index (Phi) is 3.95. The highest BCUT2D eigenvalue weighted by Gasteiger charge is 2.43. The number of likely N-dealkylation sites (tertiary alicyclic amines) is 1. The number of benzene rings is 2. The number of H-pyrrole nitrogens is 1. The summed E-state index contributed by atoms with van der Waals surface area (Å²) in [5, 5.41) is 5.17. The number of aromatic nitrogens is 1. The number of rotatable bonds is 4. The van der Waals surface area contributed by atoms with Crippen LogP contribution in [0.3, 0.4) is 0 Å². The molecular weight excluding hydrogens is 322 g/mol. The van der Waals surface area contributed by atoms with E-state index in [2.05, 4.69) is 33.4 Å². The van der Waals surface area contributed by atoms with E-state index >= 15 is 0 Å². The summed E-state index contributed by atoms with van der Waals surface area (Å²) in [7, 11) is 0. The molecule has 5 rings (SSSR count). The third kappa shape index (κ3) is 2.70. The highest BCUT2D eigenvalue weighted by atomic mass is 16.5. The number of hydrogen-bond donors (Lipinski definition) is 2. The van der Waals surface area contributed by atoms with Crippen LogP contribution in [-0.4, -0.2) is 42.7 Å². The summed E-state index contributed by atoms with van der Waals surface area (Å²) >= 11 is 0. The number of aromatic amines is 1. The van der Waals surface area contributed by atoms with Gasteiger partial charge in [-0.25, -0.2) is 0 Å². The maximum Gasteiger partial charge on any atom is 0.119 e. The van der Waals surface area contributed by atoms with Gasteiger partial charge in [0.05, 0.1) is 5.54 Å². The quantitative estimate of drug-likeness (QED) is 0.763. The van der Waals surface area contributed by atoms with Crippen LogP contribution in [0.15, 0.2) is 48.5 Å². The second-order valence-corrected chi connectivity index (χ2v) is 7.40. The Morgan fingerprint density at radius 3 is 3.04 bits per heavy atom. The van der Waals surface area contributed by atoms with Gasteiger partial charge in [-0.1, -0.05) is 24.3 Å². The number of para-hydroxylation sites is 1. The first-order valence-corrected chi connectivity index (χ1v) is 9.50. The summed E-state index contributed by atoms with van der Waals surface area (Å²) in [4.78, 5) is 6.23. The molecule has 2 aromatic carbocycles. The molecule has 2 aliphatic rings. The molecular formula is C22H24N3O. The van der Waals surface area contributed by atoms with Crippen molar-refractivity contribution in [3.05, 3.63) is 65.9 Å². The van der Waals surface area contributed by atoms with Gasteiger partial charge in [-0.15, -0.1) is 0 Å². The molecule has 1 saturated heterocycles. The Hall–Kier alpha value is -2.30. The van der Waals surface area contributed by atoms with Crippen LogP contribution in [0.25, 0.3) is 10.9 Å². The standard InChI is InChI=1S/C22H24N3O/c1-2-6-17(7-3-1)26-15-14-25-13-11-22(16-25)21-19(10-12-23-22)18-8-4-5-9-20(18)24-21/h1-3,5-9,23-24H,10-16H2. The summed E-state index contributed by atoms with van der Waals surface area (Å²) in [6.45, 7) is 4.88. The smallest absolute Gasteiger partial charge is 0.119 e. The van der Waals surface area contributed by atoms with E-state index in [0.29, 0.717) is 0 Å². The summed E-state index contributed by atoms with van der Waals surface area (Å²) in [6.07, 6.45) is 2.23. The summed E-state index contributed by atoms with van der Waals surface area (Å²) < 4.78 is 5.89. The highest BCUT2D eigenvalue weighted by Crippen LogP contribution is 2.39. The van der Waals surface area contributed by atoms with Crippen molar-refractivity contribution in [3.63, 3.8) is 0 Å². The van der Waals surface area contributed by atoms with Crippen molar-refractivity contribution < 1.29 is 4.74 Å². The van der Waals surface area contributed by atoms with Crippen LogP contribution in [0.1, 0.15) is 17.7 Å². The van der Waals surface area contributed by atoms with Crippen molar-refractivity contribution in [2.45, 2.75) is 18.4 Å². The minimum absolute atomic E-state index is 0.0549. The first-order chi connectivity index (χ1) is 12.8. The summed E-state index contributed by atoms with van der Waals surface area (Å²) in [6, 6.07) is 19.6. The SMILES string of the molecule is [c]1ccc2[nH]c3c(c2c1)CCNC31CCN(CCOc2ccccc2)C1. The van der Waals surface area contributed by atoms with Crippen molar-refractivity contribution in [2.24, 2.45) is 0 Å². The lowest BCUT2D eigenvalue weighted by atomic mass is 9.86. The van der Waals surface area contributed by atoms with E-state index in [1.165, 1.54) is 22.2 Å². The van der Waals surface area contributed by atoms with Crippen LogP contribution in [0.4, 0.5) is 0 Å². The van der Waals surface area contributed by atoms with Crippen LogP contribution < -0.4 is 10.1 Å². The van der Waals surface area contributed by atoms with Crippen molar-refractivity contribution in [1.82, 2.24) is 15.2 Å². The normalized spacial score (nSPS) is 22.8. The molecule has 1 atom stereocenters. The number of fused-ring (bicyclic) bond motifs is 4. The van der Waals surface area contributed by atoms with Crippen molar-refractivity contribution in [1.29, 1.82) is 0 Å². The molecule has 0 aliphatic carbocycles. The molecule has 1 radical (unpaired) electrons. The third-order valence-electron chi connectivity index (χ3n) is 5.84. The van der Waals surface area contributed by atoms with Gasteiger partial charge in [-0.05, 0) is 48.7 Å². The van der Waals surface area contributed by atoms with Crippen LogP contribution in [0, 0.1) is 6.07 Å². The van der Waals surface area contributed by atoms with E-state index in [1.54, 1.807) is 0 Å². The predicted molar refractivity (Wildman–Crippen MR) is 104 cm³/mol. The third-order valence-corrected chi connectivity index (χ3v) is 5.84. The zero-order chi connectivity index (χ0) is 17.4. The molecule has 4 nitrogen and oxygen atoms in total. The maximum absolute atomic E-state index is 5.89. The fourth-order valence-corrected chi connectivity index (χ4v) is 4.55. The molecule has 1 aromatic heterocycles. The minimum atomic E-state index is 0.0549. The zero-order valence-corrected chi connectivity index (χ0v) is 14.9. The maximum atomic E-state index is 5.89. The molecule has 0 bridgehead atoms. The minimum Gasteiger partial charge on any atom is -0.492 e. The van der Waals surface area contributed by atoms with Crippen LogP contribution >= 0.6 is 0 Å². The molecule has 26 heavy (non-hydrogen) atoms. The fourth-order valence-electron chi connectivity index (χ4n) is 4.55. The van der Waals surface area contributed by atoms with E-state index in [4.69, 9.17) is 4.74 Å². The number of hydrogen-bond acceptors (Lipinski definition) is 3. The molecule has 2 N–H and O–H groups in total. The van der Waals surface area contributed by atoms with Gasteiger partial charge in [-0.2, -0.15) is 0 Å². The van der Waals surface area contributed by atoms with E-state index < -0.39 is 0 Å². The van der Waals surface area contributed by atoms with Gasteiger partial charge in [0.15, 0.2) is 0 Å². The average molecular weight is 346 g/mol. The molecule has 0 saturated carbocycles. The molecule has 3 heterocycles. The van der Waals surface area contributed by atoms with Gasteiger partial charge >= 0.3 is 0 Å². The van der Waals surface area contributed by atoms with E-state index in [0.717, 1.165) is 51.4 Å². The van der Waals surface area contributed by atoms with E-state index in [9.17, 15) is 0 Å². The Labute approximate surface area is 154 Å². The lowest BCUT2D eigenvalue weighted by Crippen LogP contribution is -2.49. The molecule has 1 spiro atoms. The second-order valence-electron chi connectivity index (χ2n) is 7.40. The Balaban J connectivity index is 1.31. The topological polar surface area (TPSA) is 40.3 Å². The Morgan fingerprint density at radius 1 is 1.19 bits per heavy atom. The van der Waals surface area contributed by atoms with E-state index in [-0.39, 0.29) is 5.54 Å². The Morgan fingerprint density at radius 2 is 2.12 bits per heavy atom. The molecule has 2 aliphatic heterocycles. The summed E-state index contributed by atoms with van der Waals surface area (Å²) in [5.74, 6) is 0.950. The number of nitrogens with one attached hydrogen (secondary N) is 2. The molecule has 1 fully saturated rings. The largest absolute Gasteiger partial charge is 0.492 e. The molecule has 0 amide bonds. The zero-order valence-electron chi connectivity index (χ0n) is 14.9. The highest BCUT2D eigenvalue weighted by molar-refractivity contribution is 5.85. The van der Waals surface area contributed by atoms with Crippen molar-refractivity contribution in [2.75, 3.05) is 32.8 Å². The number of ether oxygens (including phenoxy) is 1. The first kappa shape index (κ1) is 15.9. The first-order valence-electron chi connectivity index (χ1n) is 9.50. The van der Waals surface area contributed by atoms with Gasteiger partial charge in [-0.3, -0.25) is 4.90 Å². The molecule has 133 valence electrons. The summed E-state index contributed by atoms with van der Waals surface area (Å²) in [5.41, 5.74) is 4.17. The lowest BCUT2D eigenvalue weighted by Gasteiger charge is -2.35. The van der Waals surface area contributed by atoms with Crippen LogP contribution in [-0.2, 0) is 12.0 Å². The average Bonchev–Trinajstić information content (AvgIpc) is 3.26. The van der Waals surface area contributed by atoms with Gasteiger partial charge in [0.25, 0.3) is 0 Å². The number of nitrogens with zero attached hydrogens (tertiary/aromatic N) is 1. The van der Waals surface area contributed by atoms with Crippen molar-refractivity contribution >= 4 is 10.9 Å². The molecule has 4 heteroatoms. The molecule has 1 unspecified atom stereocenters. The van der Waals surface area contributed by atoms with Gasteiger partial charge in [0.1, 0.15) is 12.4 Å². The monoisotopic (exact) mass is 346 g/mol. The molecule has 3 aromatic rings. The van der Waals surface area contributed by atoms with Gasteiger partial charge in [0.2, 0.25) is 0 Å². The lowest BCUT2D eigenvalue weighted by molar-refractivity contribution is 0.218. The second kappa shape index (κ2) is 6.45. The van der Waals surface area contributed by atoms with Crippen LogP contribution in [0.5, 0.6) is 5.75 Å². The predicted octanol–water partition coefficient (Wildman–Crippen LogP) is 3.09. The van der Waals surface area contributed by atoms with Gasteiger partial charge < -0.3 is 15.0 Å². The Bertz CT molecular complexity index is 904. The van der Waals surface area contributed by atoms with E-state index in [1.807, 2.05) is 36.4 Å². The van der Waals surface area contributed by atoms with Crippen LogP contribution in [0.2, 0.25) is 0 Å². The van der Waals surface area contributed by atoms with Gasteiger partial charge in [0, 0.05) is 42.8 Å². The van der Waals surface area contributed by atoms with Crippen molar-refractivity contribution in [3.8, 4) is 5.75 Å². The fraction of sp³-hybridized carbons (Fsp3) is 0.364.